The number of likely N-dealkylation sites (N-methyl/N-ethyl adjacent to an activating group) is 1. The fourth-order valence-electron chi connectivity index (χ4n) is 4.80. The molecule has 0 spiro atoms. The van der Waals surface area contributed by atoms with Crippen molar-refractivity contribution >= 4 is 11.9 Å². The number of likely N-dealkylation sites (tertiary alicyclic amines) is 2. The molecule has 3 saturated heterocycles. The second-order valence-electron chi connectivity index (χ2n) is 8.41. The summed E-state index contributed by atoms with van der Waals surface area (Å²) in [6.45, 7) is 11.8. The standard InChI is InChI=1S/C21H40N6O/c1-3-25-10-8-5-9-19(25)17-23-21(22-2)27-15-13-24(14-16-27)18-20(28)26-11-6-4-7-12-26/h19H,3-18H2,1-2H3,(H,22,23). The zero-order valence-corrected chi connectivity index (χ0v) is 18.0. The highest BCUT2D eigenvalue weighted by Gasteiger charge is 2.25. The van der Waals surface area contributed by atoms with Crippen LogP contribution in [0.4, 0.5) is 0 Å². The summed E-state index contributed by atoms with van der Waals surface area (Å²) in [6.07, 6.45) is 7.55. The maximum atomic E-state index is 12.5. The lowest BCUT2D eigenvalue weighted by Crippen LogP contribution is -2.56. The molecule has 160 valence electrons. The lowest BCUT2D eigenvalue weighted by atomic mass is 10.0. The Kier molecular flexibility index (Phi) is 8.40. The van der Waals surface area contributed by atoms with Crippen LogP contribution in [0.5, 0.6) is 0 Å². The number of aliphatic imine (C=N–C) groups is 1. The Hall–Kier alpha value is -1.34. The van der Waals surface area contributed by atoms with Gasteiger partial charge in [0, 0.05) is 58.9 Å². The van der Waals surface area contributed by atoms with Crippen molar-refractivity contribution in [3.8, 4) is 0 Å². The Balaban J connectivity index is 1.40. The third kappa shape index (κ3) is 5.83. The first-order chi connectivity index (χ1) is 13.7. The summed E-state index contributed by atoms with van der Waals surface area (Å²) in [5.74, 6) is 1.33. The van der Waals surface area contributed by atoms with E-state index in [0.29, 0.717) is 18.5 Å². The highest BCUT2D eigenvalue weighted by molar-refractivity contribution is 5.80. The molecule has 1 N–H and O–H groups in total. The molecule has 3 aliphatic rings. The molecular weight excluding hydrogens is 352 g/mol. The van der Waals surface area contributed by atoms with Crippen LogP contribution < -0.4 is 5.32 Å². The maximum Gasteiger partial charge on any atom is 0.236 e. The van der Waals surface area contributed by atoms with E-state index in [4.69, 9.17) is 0 Å². The van der Waals surface area contributed by atoms with E-state index < -0.39 is 0 Å². The van der Waals surface area contributed by atoms with Gasteiger partial charge in [0.1, 0.15) is 0 Å². The number of hydrogen-bond donors (Lipinski definition) is 1. The van der Waals surface area contributed by atoms with Crippen molar-refractivity contribution in [1.29, 1.82) is 0 Å². The third-order valence-electron chi connectivity index (χ3n) is 6.60. The second kappa shape index (κ2) is 11.0. The molecule has 0 aromatic heterocycles. The van der Waals surface area contributed by atoms with E-state index in [1.807, 2.05) is 7.05 Å². The van der Waals surface area contributed by atoms with Gasteiger partial charge >= 0.3 is 0 Å². The molecule has 0 aromatic carbocycles. The van der Waals surface area contributed by atoms with Gasteiger partial charge in [-0.15, -0.1) is 0 Å². The molecule has 3 fully saturated rings. The lowest BCUT2D eigenvalue weighted by Gasteiger charge is -2.39. The van der Waals surface area contributed by atoms with Gasteiger partial charge in [-0.2, -0.15) is 0 Å². The van der Waals surface area contributed by atoms with Crippen LogP contribution in [-0.4, -0.2) is 110 Å². The van der Waals surface area contributed by atoms with E-state index in [9.17, 15) is 4.79 Å². The van der Waals surface area contributed by atoms with Crippen LogP contribution in [-0.2, 0) is 4.79 Å². The van der Waals surface area contributed by atoms with Crippen LogP contribution in [0.3, 0.4) is 0 Å². The minimum atomic E-state index is 0.313. The Morgan fingerprint density at radius 1 is 0.929 bits per heavy atom. The van der Waals surface area contributed by atoms with Gasteiger partial charge in [-0.3, -0.25) is 19.6 Å². The number of guanidine groups is 1. The van der Waals surface area contributed by atoms with Crippen molar-refractivity contribution in [2.75, 3.05) is 72.5 Å². The van der Waals surface area contributed by atoms with Gasteiger partial charge in [-0.05, 0) is 45.2 Å². The van der Waals surface area contributed by atoms with E-state index in [2.05, 4.69) is 36.8 Å². The molecule has 0 aromatic rings. The number of nitrogens with one attached hydrogen (secondary N) is 1. The molecule has 0 bridgehead atoms. The molecule has 3 rings (SSSR count). The smallest absolute Gasteiger partial charge is 0.236 e. The number of carbonyl (C=O) groups is 1. The first-order valence-corrected chi connectivity index (χ1v) is 11.4. The number of piperazine rings is 1. The summed E-state index contributed by atoms with van der Waals surface area (Å²) < 4.78 is 0. The van der Waals surface area contributed by atoms with E-state index in [1.165, 1.54) is 32.2 Å². The molecule has 0 aliphatic carbocycles. The van der Waals surface area contributed by atoms with E-state index in [1.54, 1.807) is 0 Å². The predicted octanol–water partition coefficient (Wildman–Crippen LogP) is 1.07. The quantitative estimate of drug-likeness (QED) is 0.560. The van der Waals surface area contributed by atoms with Gasteiger partial charge in [0.2, 0.25) is 5.91 Å². The molecule has 0 radical (unpaired) electrons. The van der Waals surface area contributed by atoms with Gasteiger partial charge in [0.05, 0.1) is 6.54 Å². The van der Waals surface area contributed by atoms with Gasteiger partial charge < -0.3 is 15.1 Å². The molecule has 7 nitrogen and oxygen atoms in total. The summed E-state index contributed by atoms with van der Waals surface area (Å²) in [5.41, 5.74) is 0. The maximum absolute atomic E-state index is 12.5. The molecular formula is C21H40N6O. The van der Waals surface area contributed by atoms with Crippen LogP contribution in [0.2, 0.25) is 0 Å². The van der Waals surface area contributed by atoms with E-state index in [-0.39, 0.29) is 0 Å². The predicted molar refractivity (Wildman–Crippen MR) is 115 cm³/mol. The highest BCUT2D eigenvalue weighted by Crippen LogP contribution is 2.16. The molecule has 1 atom stereocenters. The summed E-state index contributed by atoms with van der Waals surface area (Å²) in [7, 11) is 1.88. The molecule has 0 saturated carbocycles. The van der Waals surface area contributed by atoms with Crippen molar-refractivity contribution in [3.63, 3.8) is 0 Å². The van der Waals surface area contributed by atoms with Crippen LogP contribution >= 0.6 is 0 Å². The fourth-order valence-corrected chi connectivity index (χ4v) is 4.80. The molecule has 3 aliphatic heterocycles. The summed E-state index contributed by atoms with van der Waals surface area (Å²) in [5, 5.41) is 3.62. The number of carbonyl (C=O) groups excluding carboxylic acids is 1. The number of amides is 1. The van der Waals surface area contributed by atoms with Crippen molar-refractivity contribution in [2.45, 2.75) is 51.5 Å². The first kappa shape index (κ1) is 21.4. The van der Waals surface area contributed by atoms with Crippen LogP contribution in [0.15, 0.2) is 4.99 Å². The number of nitrogens with zero attached hydrogens (tertiary/aromatic N) is 5. The fraction of sp³-hybridized carbons (Fsp3) is 0.905. The van der Waals surface area contributed by atoms with Gasteiger partial charge in [-0.1, -0.05) is 13.3 Å². The number of hydrogen-bond acceptors (Lipinski definition) is 4. The summed E-state index contributed by atoms with van der Waals surface area (Å²) >= 11 is 0. The van der Waals surface area contributed by atoms with Crippen LogP contribution in [0, 0.1) is 0 Å². The van der Waals surface area contributed by atoms with Gasteiger partial charge in [0.15, 0.2) is 5.96 Å². The summed E-state index contributed by atoms with van der Waals surface area (Å²) in [4.78, 5) is 26.3. The van der Waals surface area contributed by atoms with Gasteiger partial charge in [-0.25, -0.2) is 0 Å². The topological polar surface area (TPSA) is 54.4 Å². The third-order valence-corrected chi connectivity index (χ3v) is 6.60. The molecule has 1 amide bonds. The molecule has 28 heavy (non-hydrogen) atoms. The Morgan fingerprint density at radius 3 is 2.32 bits per heavy atom. The lowest BCUT2D eigenvalue weighted by molar-refractivity contribution is -0.133. The molecule has 7 heteroatoms. The first-order valence-electron chi connectivity index (χ1n) is 11.4. The minimum Gasteiger partial charge on any atom is -0.355 e. The average Bonchev–Trinajstić information content (AvgIpc) is 2.76. The largest absolute Gasteiger partial charge is 0.355 e. The monoisotopic (exact) mass is 392 g/mol. The number of piperidine rings is 2. The van der Waals surface area contributed by atoms with E-state index in [0.717, 1.165) is 71.2 Å². The summed E-state index contributed by atoms with van der Waals surface area (Å²) in [6, 6.07) is 0.624. The zero-order valence-electron chi connectivity index (χ0n) is 18.0. The zero-order chi connectivity index (χ0) is 19.8. The SMILES string of the molecule is CCN1CCCCC1CNC(=NC)N1CCN(CC(=O)N2CCCCC2)CC1. The van der Waals surface area contributed by atoms with Crippen molar-refractivity contribution < 1.29 is 4.79 Å². The van der Waals surface area contributed by atoms with Crippen LogP contribution in [0.1, 0.15) is 45.4 Å². The molecule has 3 heterocycles. The van der Waals surface area contributed by atoms with Crippen molar-refractivity contribution in [3.05, 3.63) is 0 Å². The van der Waals surface area contributed by atoms with Gasteiger partial charge in [0.25, 0.3) is 0 Å². The second-order valence-corrected chi connectivity index (χ2v) is 8.41. The van der Waals surface area contributed by atoms with Crippen LogP contribution in [0.25, 0.3) is 0 Å². The van der Waals surface area contributed by atoms with Crippen molar-refractivity contribution in [2.24, 2.45) is 4.99 Å². The van der Waals surface area contributed by atoms with E-state index >= 15 is 0 Å². The number of rotatable bonds is 5. The normalized spacial score (nSPS) is 25.8. The Morgan fingerprint density at radius 2 is 1.64 bits per heavy atom. The Labute approximate surface area is 171 Å². The Bertz CT molecular complexity index is 511. The molecule has 1 unspecified atom stereocenters. The minimum absolute atomic E-state index is 0.313. The highest BCUT2D eigenvalue weighted by atomic mass is 16.2. The van der Waals surface area contributed by atoms with Crippen molar-refractivity contribution in [1.82, 2.24) is 24.9 Å². The average molecular weight is 393 g/mol.